The van der Waals surface area contributed by atoms with Crippen LogP contribution in [0.3, 0.4) is 0 Å². The van der Waals surface area contributed by atoms with Crippen LogP contribution < -0.4 is 9.80 Å². The molecule has 0 aromatic heterocycles. The molecule has 0 bridgehead atoms. The van der Waals surface area contributed by atoms with Gasteiger partial charge in [0.2, 0.25) is 0 Å². The maximum Gasteiger partial charge on any atom is 0.0465 e. The second-order valence-electron chi connectivity index (χ2n) is 14.8. The first kappa shape index (κ1) is 34.8. The van der Waals surface area contributed by atoms with Crippen molar-refractivity contribution in [1.82, 2.24) is 0 Å². The summed E-state index contributed by atoms with van der Waals surface area (Å²) >= 11 is 0. The highest BCUT2D eigenvalue weighted by Gasteiger charge is 2.44. The molecule has 0 radical (unpaired) electrons. The van der Waals surface area contributed by atoms with Gasteiger partial charge < -0.3 is 9.80 Å². The molecule has 270 valence electrons. The van der Waals surface area contributed by atoms with E-state index >= 15 is 0 Å². The van der Waals surface area contributed by atoms with Crippen LogP contribution in [0.2, 0.25) is 0 Å². The fraction of sp³-hybridized carbons (Fsp3) is 0.0741. The van der Waals surface area contributed by atoms with Crippen molar-refractivity contribution in [3.63, 3.8) is 0 Å². The zero-order valence-electron chi connectivity index (χ0n) is 31.7. The summed E-state index contributed by atoms with van der Waals surface area (Å²) in [6, 6.07) is 75.3. The van der Waals surface area contributed by atoms with Gasteiger partial charge >= 0.3 is 0 Å². The predicted octanol–water partition coefficient (Wildman–Crippen LogP) is 14.3. The van der Waals surface area contributed by atoms with Crippen molar-refractivity contribution in [3.05, 3.63) is 246 Å². The Morgan fingerprint density at radius 2 is 0.768 bits per heavy atom. The molecule has 1 aliphatic rings. The molecule has 0 saturated heterocycles. The summed E-state index contributed by atoms with van der Waals surface area (Å²) in [7, 11) is 0. The number of hydrogen-bond acceptors (Lipinski definition) is 2. The fourth-order valence-electron chi connectivity index (χ4n) is 8.57. The molecule has 0 amide bonds. The Bertz CT molecular complexity index is 2370. The molecule has 2 heteroatoms. The molecule has 0 aliphatic heterocycles. The van der Waals surface area contributed by atoms with Crippen LogP contribution in [0.25, 0.3) is 17.2 Å². The number of nitrogens with zero attached hydrogens (tertiary/aromatic N) is 2. The minimum atomic E-state index is -0.389. The highest BCUT2D eigenvalue weighted by molar-refractivity contribution is 5.89. The second-order valence-corrected chi connectivity index (χ2v) is 14.8. The van der Waals surface area contributed by atoms with Gasteiger partial charge in [0.25, 0.3) is 0 Å². The molecular weight excluding hydrogens is 677 g/mol. The van der Waals surface area contributed by atoms with Crippen molar-refractivity contribution < 1.29 is 0 Å². The smallest absolute Gasteiger partial charge is 0.0465 e. The number of hydrogen-bond donors (Lipinski definition) is 0. The van der Waals surface area contributed by atoms with Crippen LogP contribution in [-0.2, 0) is 18.3 Å². The highest BCUT2D eigenvalue weighted by atomic mass is 15.1. The van der Waals surface area contributed by atoms with E-state index in [1.807, 2.05) is 6.08 Å². The van der Waals surface area contributed by atoms with Gasteiger partial charge in [-0.1, -0.05) is 152 Å². The first-order valence-electron chi connectivity index (χ1n) is 19.5. The van der Waals surface area contributed by atoms with E-state index in [0.717, 1.165) is 52.5 Å². The van der Waals surface area contributed by atoms with Gasteiger partial charge in [0, 0.05) is 39.5 Å². The second kappa shape index (κ2) is 15.1. The molecule has 2 nitrogen and oxygen atoms in total. The molecule has 0 fully saturated rings. The Balaban J connectivity index is 1.30. The Kier molecular flexibility index (Phi) is 9.39. The van der Waals surface area contributed by atoms with Gasteiger partial charge in [-0.3, -0.25) is 0 Å². The summed E-state index contributed by atoms with van der Waals surface area (Å²) in [5.41, 5.74) is 16.7. The van der Waals surface area contributed by atoms with Crippen LogP contribution in [0.1, 0.15) is 33.4 Å². The first-order chi connectivity index (χ1) is 27.6. The summed E-state index contributed by atoms with van der Waals surface area (Å²) in [5.74, 6) is 0. The van der Waals surface area contributed by atoms with Gasteiger partial charge in [-0.25, -0.2) is 0 Å². The normalized spacial score (nSPS) is 12.4. The lowest BCUT2D eigenvalue weighted by Gasteiger charge is -2.35. The minimum absolute atomic E-state index is 0.389. The predicted molar refractivity (Wildman–Crippen MR) is 237 cm³/mol. The minimum Gasteiger partial charge on any atom is -0.310 e. The van der Waals surface area contributed by atoms with Crippen molar-refractivity contribution in [1.29, 1.82) is 0 Å². The first-order valence-corrected chi connectivity index (χ1v) is 19.5. The molecule has 0 N–H and O–H groups in total. The van der Waals surface area contributed by atoms with Crippen LogP contribution in [0.15, 0.2) is 213 Å². The summed E-state index contributed by atoms with van der Waals surface area (Å²) in [6.45, 7) is 6.21. The van der Waals surface area contributed by atoms with E-state index in [-0.39, 0.29) is 5.41 Å². The average molecular weight is 721 g/mol. The quantitative estimate of drug-likeness (QED) is 0.131. The molecule has 0 spiro atoms. The summed E-state index contributed by atoms with van der Waals surface area (Å²) in [5, 5.41) is 0. The highest BCUT2D eigenvalue weighted by Crippen LogP contribution is 2.55. The van der Waals surface area contributed by atoms with E-state index in [1.54, 1.807) is 0 Å². The van der Waals surface area contributed by atoms with Gasteiger partial charge in [-0.15, -0.1) is 0 Å². The number of anilines is 6. The fourth-order valence-corrected chi connectivity index (χ4v) is 8.57. The summed E-state index contributed by atoms with van der Waals surface area (Å²) in [4.78, 5) is 4.77. The van der Waals surface area contributed by atoms with Crippen LogP contribution in [0, 0.1) is 6.92 Å². The number of rotatable bonds is 11. The van der Waals surface area contributed by atoms with Gasteiger partial charge in [0.1, 0.15) is 0 Å². The molecule has 56 heavy (non-hydrogen) atoms. The third-order valence-electron chi connectivity index (χ3n) is 11.2. The molecule has 0 atom stereocenters. The van der Waals surface area contributed by atoms with Gasteiger partial charge in [-0.05, 0) is 132 Å². The SMILES string of the molecule is C=Cc1ccc(CC2(Cc3ccc(C)cc3)c3cc(N(c4ccccc4)c4ccccc4)ccc3-c3ccc(N(c4ccccc4)c4ccccc4)cc32)cc1. The summed E-state index contributed by atoms with van der Waals surface area (Å²) in [6.07, 6.45) is 3.60. The van der Waals surface area contributed by atoms with Crippen molar-refractivity contribution in [2.24, 2.45) is 0 Å². The Morgan fingerprint density at radius 1 is 0.411 bits per heavy atom. The Hall–Kier alpha value is -6.90. The number of para-hydroxylation sites is 4. The number of fused-ring (bicyclic) bond motifs is 3. The summed E-state index contributed by atoms with van der Waals surface area (Å²) < 4.78 is 0. The largest absolute Gasteiger partial charge is 0.310 e. The van der Waals surface area contributed by atoms with Gasteiger partial charge in [0.05, 0.1) is 0 Å². The van der Waals surface area contributed by atoms with Crippen LogP contribution in [0.4, 0.5) is 34.1 Å². The molecular formula is C54H44N2. The Labute approximate surface area is 331 Å². The van der Waals surface area contributed by atoms with E-state index in [9.17, 15) is 0 Å². The standard InChI is InChI=1S/C54H44N2/c1-3-41-28-30-43(31-29-41)39-54(38-42-26-24-40(2)25-27-42)52-36-48(55(44-16-8-4-9-17-44)45-18-10-5-11-19-45)32-34-50(52)51-35-33-49(37-53(51)54)56(46-20-12-6-13-21-46)47-22-14-7-15-23-47/h3-37H,1,38-39H2,2H3. The van der Waals surface area contributed by atoms with E-state index in [4.69, 9.17) is 0 Å². The maximum atomic E-state index is 4.04. The number of aryl methyl sites for hydroxylation is 1. The van der Waals surface area contributed by atoms with Crippen molar-refractivity contribution in [2.75, 3.05) is 9.80 Å². The van der Waals surface area contributed by atoms with Crippen molar-refractivity contribution in [2.45, 2.75) is 25.2 Å². The topological polar surface area (TPSA) is 6.48 Å². The molecule has 0 saturated carbocycles. The van der Waals surface area contributed by atoms with Crippen molar-refractivity contribution in [3.8, 4) is 11.1 Å². The third-order valence-corrected chi connectivity index (χ3v) is 11.2. The Morgan fingerprint density at radius 3 is 1.12 bits per heavy atom. The lowest BCUT2D eigenvalue weighted by Crippen LogP contribution is -2.31. The molecule has 0 heterocycles. The van der Waals surface area contributed by atoms with Crippen LogP contribution in [-0.4, -0.2) is 0 Å². The maximum absolute atomic E-state index is 4.04. The van der Waals surface area contributed by atoms with E-state index in [2.05, 4.69) is 230 Å². The average Bonchev–Trinajstić information content (AvgIpc) is 3.51. The van der Waals surface area contributed by atoms with Gasteiger partial charge in [-0.2, -0.15) is 0 Å². The van der Waals surface area contributed by atoms with Crippen LogP contribution in [0.5, 0.6) is 0 Å². The number of benzene rings is 8. The zero-order valence-corrected chi connectivity index (χ0v) is 31.7. The lowest BCUT2D eigenvalue weighted by molar-refractivity contribution is 0.520. The van der Waals surface area contributed by atoms with E-state index < -0.39 is 0 Å². The lowest BCUT2D eigenvalue weighted by atomic mass is 9.69. The molecule has 8 aromatic carbocycles. The third kappa shape index (κ3) is 6.61. The van der Waals surface area contributed by atoms with E-state index in [0.29, 0.717) is 0 Å². The zero-order chi connectivity index (χ0) is 37.9. The van der Waals surface area contributed by atoms with Gasteiger partial charge in [0.15, 0.2) is 0 Å². The van der Waals surface area contributed by atoms with Crippen molar-refractivity contribution >= 4 is 40.2 Å². The molecule has 9 rings (SSSR count). The molecule has 0 unspecified atom stereocenters. The van der Waals surface area contributed by atoms with Crippen LogP contribution >= 0.6 is 0 Å². The monoisotopic (exact) mass is 720 g/mol. The van der Waals surface area contributed by atoms with E-state index in [1.165, 1.54) is 38.9 Å². The molecule has 1 aliphatic carbocycles. The molecule has 8 aromatic rings.